The van der Waals surface area contributed by atoms with Gasteiger partial charge in [0, 0.05) is 0 Å². The van der Waals surface area contributed by atoms with Crippen LogP contribution in [-0.2, 0) is 0 Å². The molecule has 0 aromatic rings. The van der Waals surface area contributed by atoms with Crippen molar-refractivity contribution in [1.82, 2.24) is 0 Å². The van der Waals surface area contributed by atoms with Gasteiger partial charge in [-0.15, -0.1) is 0 Å². The maximum Gasteiger partial charge on any atom is -0.0386 e. The summed E-state index contributed by atoms with van der Waals surface area (Å²) < 4.78 is 0. The van der Waals surface area contributed by atoms with E-state index in [9.17, 15) is 0 Å². The molecule has 0 amide bonds. The lowest BCUT2D eigenvalue weighted by molar-refractivity contribution is 0.132. The summed E-state index contributed by atoms with van der Waals surface area (Å²) in [6.07, 6.45) is 14.2. The van der Waals surface area contributed by atoms with Gasteiger partial charge in [-0.1, -0.05) is 19.3 Å². The van der Waals surface area contributed by atoms with Crippen LogP contribution in [0.4, 0.5) is 0 Å². The molecule has 0 bridgehead atoms. The Bertz CT molecular complexity index is 168. The normalized spacial score (nSPS) is 41.5. The first kappa shape index (κ1) is 8.32. The van der Waals surface area contributed by atoms with E-state index in [0.29, 0.717) is 0 Å². The highest BCUT2D eigenvalue weighted by atomic mass is 14.4. The van der Waals surface area contributed by atoms with Crippen molar-refractivity contribution < 1.29 is 0 Å². The Labute approximate surface area is 82.1 Å². The molecule has 0 radical (unpaired) electrons. The third-order valence-electron chi connectivity index (χ3n) is 4.92. The highest BCUT2D eigenvalue weighted by molar-refractivity contribution is 4.88. The molecular formula is C13H22. The lowest BCUT2D eigenvalue weighted by atomic mass is 9.67. The smallest absolute Gasteiger partial charge is 0.0386 e. The molecule has 3 saturated carbocycles. The summed E-state index contributed by atoms with van der Waals surface area (Å²) in [7, 11) is 0. The Hall–Kier alpha value is 0. The van der Waals surface area contributed by atoms with Crippen LogP contribution in [0, 0.1) is 23.7 Å². The zero-order chi connectivity index (χ0) is 8.67. The molecule has 0 atom stereocenters. The second-order valence-corrected chi connectivity index (χ2v) is 5.70. The molecule has 0 aromatic carbocycles. The van der Waals surface area contributed by atoms with Crippen LogP contribution in [-0.4, -0.2) is 0 Å². The van der Waals surface area contributed by atoms with Gasteiger partial charge < -0.3 is 0 Å². The van der Waals surface area contributed by atoms with Gasteiger partial charge in [-0.3, -0.25) is 0 Å². The molecule has 0 aliphatic heterocycles. The predicted octanol–water partition coefficient (Wildman–Crippen LogP) is 4.00. The van der Waals surface area contributed by atoms with Crippen LogP contribution < -0.4 is 0 Å². The third-order valence-corrected chi connectivity index (χ3v) is 4.92. The lowest BCUT2D eigenvalue weighted by Gasteiger charge is -2.38. The molecule has 3 aliphatic rings. The highest BCUT2D eigenvalue weighted by Crippen LogP contribution is 2.48. The summed E-state index contributed by atoms with van der Waals surface area (Å²) in [5.41, 5.74) is 0. The minimum absolute atomic E-state index is 1.16. The van der Waals surface area contributed by atoms with Gasteiger partial charge in [-0.05, 0) is 62.2 Å². The Morgan fingerprint density at radius 2 is 0.692 bits per heavy atom. The zero-order valence-corrected chi connectivity index (χ0v) is 8.67. The van der Waals surface area contributed by atoms with E-state index < -0.39 is 0 Å². The molecule has 3 rings (SSSR count). The van der Waals surface area contributed by atoms with E-state index in [4.69, 9.17) is 0 Å². The van der Waals surface area contributed by atoms with E-state index in [1.165, 1.54) is 18.3 Å². The average molecular weight is 178 g/mol. The number of rotatable bonds is 2. The maximum atomic E-state index is 1.59. The fourth-order valence-electron chi connectivity index (χ4n) is 3.57. The molecule has 3 aliphatic carbocycles. The van der Waals surface area contributed by atoms with Crippen molar-refractivity contribution in [2.45, 2.75) is 57.8 Å². The summed E-state index contributed by atoms with van der Waals surface area (Å²) in [6, 6.07) is 0. The summed E-state index contributed by atoms with van der Waals surface area (Å²) in [4.78, 5) is 0. The fourth-order valence-corrected chi connectivity index (χ4v) is 3.57. The van der Waals surface area contributed by atoms with Gasteiger partial charge in [-0.2, -0.15) is 0 Å². The maximum absolute atomic E-state index is 1.59. The lowest BCUT2D eigenvalue weighted by Crippen LogP contribution is -2.26. The minimum atomic E-state index is 1.16. The van der Waals surface area contributed by atoms with Crippen molar-refractivity contribution in [2.75, 3.05) is 0 Å². The number of hydrogen-bond acceptors (Lipinski definition) is 0. The largest absolute Gasteiger partial charge is 0.0528 e. The van der Waals surface area contributed by atoms with E-state index in [-0.39, 0.29) is 0 Å². The van der Waals surface area contributed by atoms with Crippen LogP contribution in [0.1, 0.15) is 57.8 Å². The van der Waals surface area contributed by atoms with Gasteiger partial charge >= 0.3 is 0 Å². The second-order valence-electron chi connectivity index (χ2n) is 5.70. The van der Waals surface area contributed by atoms with Crippen molar-refractivity contribution in [3.63, 3.8) is 0 Å². The summed E-state index contributed by atoms with van der Waals surface area (Å²) in [6.45, 7) is 0. The van der Waals surface area contributed by atoms with Crippen molar-refractivity contribution in [3.8, 4) is 0 Å². The molecule has 13 heavy (non-hydrogen) atoms. The van der Waals surface area contributed by atoms with Crippen LogP contribution in [0.5, 0.6) is 0 Å². The fraction of sp³-hybridized carbons (Fsp3) is 1.00. The van der Waals surface area contributed by atoms with Crippen LogP contribution in [0.2, 0.25) is 0 Å². The molecule has 0 unspecified atom stereocenters. The van der Waals surface area contributed by atoms with Crippen molar-refractivity contribution >= 4 is 0 Å². The van der Waals surface area contributed by atoms with E-state index in [2.05, 4.69) is 0 Å². The van der Waals surface area contributed by atoms with E-state index in [0.717, 1.165) is 11.8 Å². The molecule has 0 aromatic heterocycles. The molecule has 0 heteroatoms. The van der Waals surface area contributed by atoms with Crippen LogP contribution >= 0.6 is 0 Å². The van der Waals surface area contributed by atoms with Crippen LogP contribution in [0.25, 0.3) is 0 Å². The summed E-state index contributed by atoms with van der Waals surface area (Å²) in [5.74, 6) is 4.67. The molecule has 0 saturated heterocycles. The average Bonchev–Trinajstić information content (AvgIpc) is 2.85. The molecule has 3 fully saturated rings. The highest BCUT2D eigenvalue weighted by Gasteiger charge is 2.36. The third kappa shape index (κ3) is 1.65. The first-order valence-electron chi connectivity index (χ1n) is 6.43. The first-order valence-corrected chi connectivity index (χ1v) is 6.43. The molecular weight excluding hydrogens is 156 g/mol. The van der Waals surface area contributed by atoms with Crippen molar-refractivity contribution in [1.29, 1.82) is 0 Å². The number of hydrogen-bond donors (Lipinski definition) is 0. The monoisotopic (exact) mass is 178 g/mol. The van der Waals surface area contributed by atoms with E-state index >= 15 is 0 Å². The van der Waals surface area contributed by atoms with E-state index in [1.54, 1.807) is 51.4 Å². The van der Waals surface area contributed by atoms with Crippen LogP contribution in [0.15, 0.2) is 0 Å². The van der Waals surface area contributed by atoms with E-state index in [1.807, 2.05) is 0 Å². The molecule has 0 N–H and O–H groups in total. The molecule has 0 heterocycles. The minimum Gasteiger partial charge on any atom is -0.0528 e. The Morgan fingerprint density at radius 3 is 0.923 bits per heavy atom. The van der Waals surface area contributed by atoms with Gasteiger partial charge in [0.2, 0.25) is 0 Å². The SMILES string of the molecule is C1CC(C2CCC(C3CC3)CC2)C1. The molecule has 0 nitrogen and oxygen atoms in total. The van der Waals surface area contributed by atoms with Gasteiger partial charge in [-0.25, -0.2) is 0 Å². The standard InChI is InChI=1S/C13H22/c1-2-10(3-1)11-4-6-12(7-5-11)13-8-9-13/h10-13H,1-9H2. The molecule has 74 valence electrons. The Balaban J connectivity index is 1.48. The molecule has 0 spiro atoms. The summed E-state index contributed by atoms with van der Waals surface area (Å²) in [5, 5.41) is 0. The van der Waals surface area contributed by atoms with Crippen molar-refractivity contribution in [3.05, 3.63) is 0 Å². The van der Waals surface area contributed by atoms with Crippen molar-refractivity contribution in [2.24, 2.45) is 23.7 Å². The second kappa shape index (κ2) is 3.29. The predicted molar refractivity (Wildman–Crippen MR) is 55.5 cm³/mol. The van der Waals surface area contributed by atoms with Gasteiger partial charge in [0.05, 0.1) is 0 Å². The van der Waals surface area contributed by atoms with Gasteiger partial charge in [0.25, 0.3) is 0 Å². The Kier molecular flexibility index (Phi) is 2.11. The topological polar surface area (TPSA) is 0 Å². The quantitative estimate of drug-likeness (QED) is 0.599. The zero-order valence-electron chi connectivity index (χ0n) is 8.67. The Morgan fingerprint density at radius 1 is 0.385 bits per heavy atom. The van der Waals surface area contributed by atoms with Gasteiger partial charge in [0.15, 0.2) is 0 Å². The summed E-state index contributed by atoms with van der Waals surface area (Å²) >= 11 is 0. The van der Waals surface area contributed by atoms with Gasteiger partial charge in [0.1, 0.15) is 0 Å². The first-order chi connectivity index (χ1) is 6.43. The van der Waals surface area contributed by atoms with Crippen LogP contribution in [0.3, 0.4) is 0 Å².